The lowest BCUT2D eigenvalue weighted by Crippen LogP contribution is -2.40. The van der Waals surface area contributed by atoms with Gasteiger partial charge in [-0.3, -0.25) is 0 Å². The van der Waals surface area contributed by atoms with Gasteiger partial charge in [-0.2, -0.15) is 0 Å². The molecule has 0 saturated carbocycles. The molecule has 2 N–H and O–H groups in total. The summed E-state index contributed by atoms with van der Waals surface area (Å²) in [5.74, 6) is 0. The fraction of sp³-hybridized carbons (Fsp3) is 1.00. The van der Waals surface area contributed by atoms with E-state index in [-0.39, 0.29) is 0 Å². The lowest BCUT2D eigenvalue weighted by atomic mass is 9.90. The molecule has 4 nitrogen and oxygen atoms in total. The third kappa shape index (κ3) is 4.54. The molecule has 0 aliphatic carbocycles. The van der Waals surface area contributed by atoms with E-state index in [1.54, 1.807) is 0 Å². The van der Waals surface area contributed by atoms with E-state index in [0.29, 0.717) is 19.3 Å². The van der Waals surface area contributed by atoms with Gasteiger partial charge in [-0.25, -0.2) is 0 Å². The average Bonchev–Trinajstić information content (AvgIpc) is 2.58. The summed E-state index contributed by atoms with van der Waals surface area (Å²) >= 11 is 0. The Hall–Kier alpha value is -0.160. The van der Waals surface area contributed by atoms with E-state index in [1.807, 2.05) is 0 Å². The molecule has 0 amide bonds. The number of ether oxygens (including phenoxy) is 2. The van der Waals surface area contributed by atoms with Crippen molar-refractivity contribution in [3.63, 3.8) is 0 Å². The first-order valence-corrected chi connectivity index (χ1v) is 6.90. The van der Waals surface area contributed by atoms with E-state index in [1.165, 1.54) is 6.42 Å². The van der Waals surface area contributed by atoms with Gasteiger partial charge in [0, 0.05) is 32.5 Å². The van der Waals surface area contributed by atoms with Crippen LogP contribution < -0.4 is 5.32 Å². The van der Waals surface area contributed by atoms with E-state index in [4.69, 9.17) is 9.47 Å². The lowest BCUT2D eigenvalue weighted by Gasteiger charge is -2.32. The smallest absolute Gasteiger partial charge is 0.0703 e. The van der Waals surface area contributed by atoms with Crippen molar-refractivity contribution in [3.05, 3.63) is 0 Å². The summed E-state index contributed by atoms with van der Waals surface area (Å²) in [6.07, 6.45) is 5.84. The summed E-state index contributed by atoms with van der Waals surface area (Å²) in [7, 11) is 0. The summed E-state index contributed by atoms with van der Waals surface area (Å²) in [6, 6.07) is 0.570. The summed E-state index contributed by atoms with van der Waals surface area (Å²) in [6.45, 7) is 4.08. The summed E-state index contributed by atoms with van der Waals surface area (Å²) in [4.78, 5) is 0. The molecule has 2 saturated heterocycles. The molecule has 0 aromatic rings. The van der Waals surface area contributed by atoms with E-state index >= 15 is 0 Å². The van der Waals surface area contributed by atoms with Crippen molar-refractivity contribution in [1.29, 1.82) is 0 Å². The third-order valence-corrected chi connectivity index (χ3v) is 3.90. The number of hydrogen-bond donors (Lipinski definition) is 2. The first-order chi connectivity index (χ1) is 8.29. The summed E-state index contributed by atoms with van der Waals surface area (Å²) in [5, 5.41) is 13.9. The van der Waals surface area contributed by atoms with Crippen LogP contribution in [-0.2, 0) is 9.47 Å². The predicted molar refractivity (Wildman–Crippen MR) is 66.1 cm³/mol. The van der Waals surface area contributed by atoms with Gasteiger partial charge in [0.15, 0.2) is 0 Å². The molecular weight excluding hydrogens is 218 g/mol. The Balaban J connectivity index is 1.63. The number of hydrogen-bond acceptors (Lipinski definition) is 4. The van der Waals surface area contributed by atoms with Crippen molar-refractivity contribution in [2.75, 3.05) is 33.0 Å². The minimum absolute atomic E-state index is 0.494. The fourth-order valence-electron chi connectivity index (χ4n) is 2.62. The second-order valence-electron chi connectivity index (χ2n) is 5.28. The maximum atomic E-state index is 10.3. The maximum absolute atomic E-state index is 10.3. The summed E-state index contributed by atoms with van der Waals surface area (Å²) < 4.78 is 10.7. The zero-order chi connectivity index (χ0) is 12.0. The van der Waals surface area contributed by atoms with E-state index in [9.17, 15) is 5.11 Å². The van der Waals surface area contributed by atoms with Gasteiger partial charge in [-0.05, 0) is 45.1 Å². The Morgan fingerprint density at radius 1 is 1.06 bits per heavy atom. The van der Waals surface area contributed by atoms with Gasteiger partial charge >= 0.3 is 0 Å². The first-order valence-electron chi connectivity index (χ1n) is 6.90. The monoisotopic (exact) mass is 243 g/mol. The van der Waals surface area contributed by atoms with Crippen LogP contribution in [0.5, 0.6) is 0 Å². The van der Waals surface area contributed by atoms with Crippen LogP contribution in [-0.4, -0.2) is 49.7 Å². The minimum atomic E-state index is -0.494. The van der Waals surface area contributed by atoms with Crippen molar-refractivity contribution in [2.24, 2.45) is 0 Å². The van der Waals surface area contributed by atoms with Crippen molar-refractivity contribution in [1.82, 2.24) is 5.32 Å². The van der Waals surface area contributed by atoms with Crippen LogP contribution in [0.2, 0.25) is 0 Å². The molecule has 0 aromatic heterocycles. The molecule has 17 heavy (non-hydrogen) atoms. The second kappa shape index (κ2) is 6.69. The van der Waals surface area contributed by atoms with Crippen LogP contribution in [0.1, 0.15) is 38.5 Å². The highest BCUT2D eigenvalue weighted by atomic mass is 16.5. The quantitative estimate of drug-likeness (QED) is 0.775. The summed E-state index contributed by atoms with van der Waals surface area (Å²) in [5.41, 5.74) is -0.494. The highest BCUT2D eigenvalue weighted by molar-refractivity contribution is 4.82. The Bertz CT molecular complexity index is 209. The molecule has 100 valence electrons. The fourth-order valence-corrected chi connectivity index (χ4v) is 2.62. The number of rotatable bonds is 4. The van der Waals surface area contributed by atoms with Crippen LogP contribution in [0.4, 0.5) is 0 Å². The molecule has 2 aliphatic heterocycles. The topological polar surface area (TPSA) is 50.7 Å². The van der Waals surface area contributed by atoms with Crippen LogP contribution >= 0.6 is 0 Å². The Kier molecular flexibility index (Phi) is 5.22. The Morgan fingerprint density at radius 2 is 1.82 bits per heavy atom. The normalized spacial score (nSPS) is 29.8. The highest BCUT2D eigenvalue weighted by Gasteiger charge is 2.29. The standard InChI is InChI=1S/C13H25NO3/c15-13(5-10-17-11-6-13)4-7-14-12-2-1-8-16-9-3-12/h12,14-15H,1-11H2. The van der Waals surface area contributed by atoms with E-state index < -0.39 is 5.60 Å². The van der Waals surface area contributed by atoms with E-state index in [2.05, 4.69) is 5.32 Å². The molecule has 0 bridgehead atoms. The zero-order valence-electron chi connectivity index (χ0n) is 10.6. The lowest BCUT2D eigenvalue weighted by molar-refractivity contribution is -0.0676. The van der Waals surface area contributed by atoms with Gasteiger partial charge in [0.05, 0.1) is 5.60 Å². The predicted octanol–water partition coefficient (Wildman–Crippen LogP) is 1.08. The number of aliphatic hydroxyl groups is 1. The molecule has 2 rings (SSSR count). The molecule has 0 spiro atoms. The van der Waals surface area contributed by atoms with E-state index in [0.717, 1.165) is 51.9 Å². The largest absolute Gasteiger partial charge is 0.390 e. The zero-order valence-corrected chi connectivity index (χ0v) is 10.6. The van der Waals surface area contributed by atoms with Gasteiger partial charge in [0.2, 0.25) is 0 Å². The van der Waals surface area contributed by atoms with Crippen LogP contribution in [0.3, 0.4) is 0 Å². The molecule has 1 unspecified atom stereocenters. The molecule has 1 atom stereocenters. The van der Waals surface area contributed by atoms with Crippen LogP contribution in [0.25, 0.3) is 0 Å². The Labute approximate surface area is 104 Å². The van der Waals surface area contributed by atoms with Gasteiger partial charge in [0.25, 0.3) is 0 Å². The van der Waals surface area contributed by atoms with Crippen molar-refractivity contribution in [3.8, 4) is 0 Å². The SMILES string of the molecule is OC1(CCNC2CCCOCC2)CCOCC1. The third-order valence-electron chi connectivity index (χ3n) is 3.90. The molecule has 2 fully saturated rings. The minimum Gasteiger partial charge on any atom is -0.390 e. The van der Waals surface area contributed by atoms with Crippen LogP contribution in [0.15, 0.2) is 0 Å². The van der Waals surface area contributed by atoms with Crippen LogP contribution in [0, 0.1) is 0 Å². The van der Waals surface area contributed by atoms with Crippen molar-refractivity contribution in [2.45, 2.75) is 50.2 Å². The van der Waals surface area contributed by atoms with Crippen molar-refractivity contribution >= 4 is 0 Å². The Morgan fingerprint density at radius 3 is 2.65 bits per heavy atom. The van der Waals surface area contributed by atoms with Gasteiger partial charge in [0.1, 0.15) is 0 Å². The molecule has 4 heteroatoms. The molecule has 0 radical (unpaired) electrons. The second-order valence-corrected chi connectivity index (χ2v) is 5.28. The highest BCUT2D eigenvalue weighted by Crippen LogP contribution is 2.23. The first kappa shape index (κ1) is 13.3. The van der Waals surface area contributed by atoms with Crippen molar-refractivity contribution < 1.29 is 14.6 Å². The van der Waals surface area contributed by atoms with Gasteiger partial charge in [-0.15, -0.1) is 0 Å². The molecular formula is C13H25NO3. The number of nitrogens with one attached hydrogen (secondary N) is 1. The molecule has 2 aliphatic rings. The van der Waals surface area contributed by atoms with Gasteiger partial charge in [-0.1, -0.05) is 0 Å². The average molecular weight is 243 g/mol. The van der Waals surface area contributed by atoms with Gasteiger partial charge < -0.3 is 19.9 Å². The maximum Gasteiger partial charge on any atom is 0.0703 e. The molecule has 2 heterocycles. The molecule has 0 aromatic carbocycles.